The Morgan fingerprint density at radius 1 is 1.05 bits per heavy atom. The van der Waals surface area contributed by atoms with Gasteiger partial charge in [0.15, 0.2) is 0 Å². The molecule has 1 atom stereocenters. The normalized spacial score (nSPS) is 21.2. The molecule has 0 bridgehead atoms. The molecule has 1 N–H and O–H groups in total. The van der Waals surface area contributed by atoms with E-state index in [0.717, 1.165) is 37.9 Å². The lowest BCUT2D eigenvalue weighted by atomic mass is 10.0. The van der Waals surface area contributed by atoms with Gasteiger partial charge in [0, 0.05) is 30.4 Å². The summed E-state index contributed by atoms with van der Waals surface area (Å²) in [4.78, 5) is 14.5. The molecular weight excluding hydrogens is 248 g/mol. The van der Waals surface area contributed by atoms with Gasteiger partial charge in [0.05, 0.1) is 0 Å². The van der Waals surface area contributed by atoms with Crippen LogP contribution >= 0.6 is 0 Å². The number of hydrogen-bond donors (Lipinski definition) is 1. The first-order valence-corrected chi connectivity index (χ1v) is 7.29. The maximum Gasteiger partial charge on any atom is 0.251 e. The SMILES string of the molecule is O=C(NC1CC=CCC1)c1ccc(N2CC=CC2)cc1. The fourth-order valence-corrected chi connectivity index (χ4v) is 2.71. The number of rotatable bonds is 3. The fourth-order valence-electron chi connectivity index (χ4n) is 2.71. The molecule has 104 valence electrons. The van der Waals surface area contributed by atoms with E-state index in [4.69, 9.17) is 0 Å². The van der Waals surface area contributed by atoms with Gasteiger partial charge >= 0.3 is 0 Å². The molecule has 0 aromatic heterocycles. The van der Waals surface area contributed by atoms with Crippen molar-refractivity contribution in [3.8, 4) is 0 Å². The van der Waals surface area contributed by atoms with Crippen LogP contribution in [0.2, 0.25) is 0 Å². The summed E-state index contributed by atoms with van der Waals surface area (Å²) in [6.45, 7) is 1.92. The van der Waals surface area contributed by atoms with E-state index in [9.17, 15) is 4.79 Å². The molecule has 3 rings (SSSR count). The molecule has 1 aromatic carbocycles. The van der Waals surface area contributed by atoms with Crippen molar-refractivity contribution >= 4 is 11.6 Å². The molecule has 1 aromatic rings. The van der Waals surface area contributed by atoms with E-state index in [1.54, 1.807) is 0 Å². The second-order valence-corrected chi connectivity index (χ2v) is 5.38. The number of carbonyl (C=O) groups excluding carboxylic acids is 1. The molecule has 0 spiro atoms. The van der Waals surface area contributed by atoms with Crippen molar-refractivity contribution in [2.75, 3.05) is 18.0 Å². The third kappa shape index (κ3) is 2.93. The molecule has 1 unspecified atom stereocenters. The lowest BCUT2D eigenvalue weighted by molar-refractivity contribution is 0.0935. The molecule has 1 aliphatic heterocycles. The quantitative estimate of drug-likeness (QED) is 0.855. The third-order valence-electron chi connectivity index (χ3n) is 3.92. The second-order valence-electron chi connectivity index (χ2n) is 5.38. The predicted octanol–water partition coefficient (Wildman–Crippen LogP) is 2.90. The Hall–Kier alpha value is -2.03. The minimum Gasteiger partial charge on any atom is -0.364 e. The van der Waals surface area contributed by atoms with E-state index in [0.29, 0.717) is 0 Å². The van der Waals surface area contributed by atoms with Crippen LogP contribution in [0.1, 0.15) is 29.6 Å². The standard InChI is InChI=1S/C17H20N2O/c20-17(18-15-6-2-1-3-7-15)14-8-10-16(11-9-14)19-12-4-5-13-19/h1-2,4-5,8-11,15H,3,6-7,12-13H2,(H,18,20). The summed E-state index contributed by atoms with van der Waals surface area (Å²) < 4.78 is 0. The van der Waals surface area contributed by atoms with E-state index >= 15 is 0 Å². The smallest absolute Gasteiger partial charge is 0.251 e. The molecule has 1 aliphatic carbocycles. The zero-order valence-corrected chi connectivity index (χ0v) is 11.6. The average Bonchev–Trinajstić information content (AvgIpc) is 3.03. The van der Waals surface area contributed by atoms with Crippen LogP contribution in [0.25, 0.3) is 0 Å². The number of anilines is 1. The van der Waals surface area contributed by atoms with Gasteiger partial charge in [-0.2, -0.15) is 0 Å². The van der Waals surface area contributed by atoms with Crippen molar-refractivity contribution in [1.82, 2.24) is 5.32 Å². The highest BCUT2D eigenvalue weighted by molar-refractivity contribution is 5.94. The summed E-state index contributed by atoms with van der Waals surface area (Å²) in [5.74, 6) is 0.0383. The van der Waals surface area contributed by atoms with E-state index < -0.39 is 0 Å². The summed E-state index contributed by atoms with van der Waals surface area (Å²) >= 11 is 0. The maximum absolute atomic E-state index is 12.2. The predicted molar refractivity (Wildman–Crippen MR) is 82.0 cm³/mol. The largest absolute Gasteiger partial charge is 0.364 e. The number of benzene rings is 1. The van der Waals surface area contributed by atoms with Crippen LogP contribution < -0.4 is 10.2 Å². The van der Waals surface area contributed by atoms with E-state index in [1.807, 2.05) is 24.3 Å². The van der Waals surface area contributed by atoms with Gasteiger partial charge in [-0.15, -0.1) is 0 Å². The van der Waals surface area contributed by atoms with Gasteiger partial charge in [-0.05, 0) is 43.5 Å². The first kappa shape index (κ1) is 13.0. The highest BCUT2D eigenvalue weighted by Crippen LogP contribution is 2.18. The zero-order valence-electron chi connectivity index (χ0n) is 11.6. The fraction of sp³-hybridized carbons (Fsp3) is 0.353. The zero-order chi connectivity index (χ0) is 13.8. The van der Waals surface area contributed by atoms with Crippen LogP contribution in [0.4, 0.5) is 5.69 Å². The lowest BCUT2D eigenvalue weighted by Gasteiger charge is -2.20. The molecule has 2 aliphatic rings. The topological polar surface area (TPSA) is 32.3 Å². The van der Waals surface area contributed by atoms with Gasteiger partial charge in [-0.25, -0.2) is 0 Å². The molecule has 0 saturated heterocycles. The van der Waals surface area contributed by atoms with Crippen molar-refractivity contribution in [2.45, 2.75) is 25.3 Å². The molecule has 3 nitrogen and oxygen atoms in total. The van der Waals surface area contributed by atoms with Crippen LogP contribution in [0.5, 0.6) is 0 Å². The number of allylic oxidation sites excluding steroid dienone is 1. The highest BCUT2D eigenvalue weighted by Gasteiger charge is 2.14. The first-order chi connectivity index (χ1) is 9.83. The van der Waals surface area contributed by atoms with E-state index in [-0.39, 0.29) is 11.9 Å². The Bertz CT molecular complexity index is 522. The van der Waals surface area contributed by atoms with Crippen molar-refractivity contribution in [3.63, 3.8) is 0 Å². The summed E-state index contributed by atoms with van der Waals surface area (Å²) in [7, 11) is 0. The Morgan fingerprint density at radius 3 is 2.45 bits per heavy atom. The van der Waals surface area contributed by atoms with Gasteiger partial charge in [-0.3, -0.25) is 4.79 Å². The molecule has 0 saturated carbocycles. The van der Waals surface area contributed by atoms with Crippen LogP contribution in [-0.2, 0) is 0 Å². The van der Waals surface area contributed by atoms with Gasteiger partial charge in [0.1, 0.15) is 0 Å². The molecule has 1 heterocycles. The van der Waals surface area contributed by atoms with Gasteiger partial charge in [-0.1, -0.05) is 24.3 Å². The minimum atomic E-state index is 0.0383. The highest BCUT2D eigenvalue weighted by atomic mass is 16.1. The second kappa shape index (κ2) is 5.95. The summed E-state index contributed by atoms with van der Waals surface area (Å²) in [6.07, 6.45) is 11.7. The maximum atomic E-state index is 12.2. The van der Waals surface area contributed by atoms with Crippen LogP contribution in [0.15, 0.2) is 48.6 Å². The van der Waals surface area contributed by atoms with Crippen LogP contribution in [-0.4, -0.2) is 25.0 Å². The molecule has 0 fully saturated rings. The Morgan fingerprint density at radius 2 is 1.80 bits per heavy atom. The van der Waals surface area contributed by atoms with E-state index in [2.05, 4.69) is 34.5 Å². The van der Waals surface area contributed by atoms with E-state index in [1.165, 1.54) is 5.69 Å². The van der Waals surface area contributed by atoms with Gasteiger partial charge in [0.2, 0.25) is 0 Å². The Labute approximate surface area is 120 Å². The van der Waals surface area contributed by atoms with Crippen molar-refractivity contribution in [1.29, 1.82) is 0 Å². The molecule has 0 radical (unpaired) electrons. The summed E-state index contributed by atoms with van der Waals surface area (Å²) in [6, 6.07) is 8.18. The first-order valence-electron chi connectivity index (χ1n) is 7.29. The van der Waals surface area contributed by atoms with Crippen LogP contribution in [0.3, 0.4) is 0 Å². The van der Waals surface area contributed by atoms with Crippen molar-refractivity contribution in [2.24, 2.45) is 0 Å². The number of carbonyl (C=O) groups is 1. The molecular formula is C17H20N2O. The third-order valence-corrected chi connectivity index (χ3v) is 3.92. The number of nitrogens with zero attached hydrogens (tertiary/aromatic N) is 1. The summed E-state index contributed by atoms with van der Waals surface area (Å²) in [5, 5.41) is 3.11. The molecule has 1 amide bonds. The molecule has 20 heavy (non-hydrogen) atoms. The monoisotopic (exact) mass is 268 g/mol. The number of amides is 1. The van der Waals surface area contributed by atoms with Crippen LogP contribution in [0, 0.1) is 0 Å². The van der Waals surface area contributed by atoms with Crippen molar-refractivity contribution in [3.05, 3.63) is 54.1 Å². The number of nitrogens with one attached hydrogen (secondary N) is 1. The van der Waals surface area contributed by atoms with Crippen molar-refractivity contribution < 1.29 is 4.79 Å². The lowest BCUT2D eigenvalue weighted by Crippen LogP contribution is -2.35. The Kier molecular flexibility index (Phi) is 3.86. The Balaban J connectivity index is 1.61. The van der Waals surface area contributed by atoms with Gasteiger partial charge in [0.25, 0.3) is 5.91 Å². The number of hydrogen-bond acceptors (Lipinski definition) is 2. The molecule has 3 heteroatoms. The average molecular weight is 268 g/mol. The van der Waals surface area contributed by atoms with Gasteiger partial charge < -0.3 is 10.2 Å². The summed E-state index contributed by atoms with van der Waals surface area (Å²) in [5.41, 5.74) is 1.92. The minimum absolute atomic E-state index is 0.0383.